The lowest BCUT2D eigenvalue weighted by atomic mass is 10.2. The molecule has 17 heavy (non-hydrogen) atoms. The van der Waals surface area contributed by atoms with E-state index >= 15 is 0 Å². The average Bonchev–Trinajstić information content (AvgIpc) is 2.18. The highest BCUT2D eigenvalue weighted by molar-refractivity contribution is 7.90. The molecule has 3 N–H and O–H groups in total. The standard InChI is InChI=1S/C11H17NO4S/c1-8(7-17(2,15)16)12-6-9-4-3-5-10(13)11(9)14/h3-5,8,12-14H,6-7H2,1-2H3. The molecule has 0 radical (unpaired) electrons. The number of phenols is 2. The Balaban J connectivity index is 2.59. The Kier molecular flexibility index (Phi) is 4.36. The van der Waals surface area contributed by atoms with E-state index in [2.05, 4.69) is 5.32 Å². The molecular weight excluding hydrogens is 242 g/mol. The number of hydrogen-bond acceptors (Lipinski definition) is 5. The molecule has 96 valence electrons. The molecule has 6 heteroatoms. The maximum absolute atomic E-state index is 11.0. The number of hydrogen-bond donors (Lipinski definition) is 3. The number of phenolic OH excluding ortho intramolecular Hbond substituents is 2. The summed E-state index contributed by atoms with van der Waals surface area (Å²) in [6.07, 6.45) is 1.18. The molecule has 1 aromatic rings. The first-order valence-corrected chi connectivity index (χ1v) is 7.26. The molecule has 0 bridgehead atoms. The SMILES string of the molecule is CC(CS(C)(=O)=O)NCc1cccc(O)c1O. The van der Waals surface area contributed by atoms with Gasteiger partial charge >= 0.3 is 0 Å². The van der Waals surface area contributed by atoms with Crippen molar-refractivity contribution in [1.82, 2.24) is 5.32 Å². The van der Waals surface area contributed by atoms with Gasteiger partial charge < -0.3 is 15.5 Å². The van der Waals surface area contributed by atoms with Crippen LogP contribution in [-0.4, -0.2) is 36.7 Å². The van der Waals surface area contributed by atoms with E-state index in [9.17, 15) is 18.6 Å². The van der Waals surface area contributed by atoms with Gasteiger partial charge in [-0.05, 0) is 13.0 Å². The lowest BCUT2D eigenvalue weighted by Gasteiger charge is -2.13. The molecule has 0 spiro atoms. The second-order valence-corrected chi connectivity index (χ2v) is 6.34. The van der Waals surface area contributed by atoms with Gasteiger partial charge in [-0.15, -0.1) is 0 Å². The summed E-state index contributed by atoms with van der Waals surface area (Å²) in [6, 6.07) is 4.45. The van der Waals surface area contributed by atoms with Crippen molar-refractivity contribution in [2.24, 2.45) is 0 Å². The minimum Gasteiger partial charge on any atom is -0.504 e. The minimum absolute atomic E-state index is 0.0343. The lowest BCUT2D eigenvalue weighted by Crippen LogP contribution is -2.32. The normalized spacial score (nSPS) is 13.5. The molecule has 1 unspecified atom stereocenters. The Labute approximate surface area is 101 Å². The van der Waals surface area contributed by atoms with E-state index < -0.39 is 9.84 Å². The Morgan fingerprint density at radius 1 is 1.35 bits per heavy atom. The second kappa shape index (κ2) is 5.37. The van der Waals surface area contributed by atoms with Gasteiger partial charge in [0.15, 0.2) is 11.5 Å². The fraction of sp³-hybridized carbons (Fsp3) is 0.455. The van der Waals surface area contributed by atoms with Crippen LogP contribution in [0, 0.1) is 0 Å². The topological polar surface area (TPSA) is 86.6 Å². The van der Waals surface area contributed by atoms with Crippen molar-refractivity contribution in [3.8, 4) is 11.5 Å². The van der Waals surface area contributed by atoms with Crippen LogP contribution in [-0.2, 0) is 16.4 Å². The maximum Gasteiger partial charge on any atom is 0.161 e. The molecule has 0 amide bonds. The zero-order chi connectivity index (χ0) is 13.1. The molecule has 0 aliphatic heterocycles. The third-order valence-corrected chi connectivity index (χ3v) is 3.40. The van der Waals surface area contributed by atoms with Crippen molar-refractivity contribution >= 4 is 9.84 Å². The summed E-state index contributed by atoms with van der Waals surface area (Å²) in [7, 11) is -3.02. The van der Waals surface area contributed by atoms with Crippen molar-refractivity contribution in [3.63, 3.8) is 0 Å². The van der Waals surface area contributed by atoms with Crippen LogP contribution in [0.15, 0.2) is 18.2 Å². The molecule has 1 aromatic carbocycles. The van der Waals surface area contributed by atoms with Gasteiger partial charge in [0.1, 0.15) is 9.84 Å². The van der Waals surface area contributed by atoms with Crippen LogP contribution in [0.3, 0.4) is 0 Å². The minimum atomic E-state index is -3.02. The highest BCUT2D eigenvalue weighted by Gasteiger charge is 2.11. The number of nitrogens with one attached hydrogen (secondary N) is 1. The first-order valence-electron chi connectivity index (χ1n) is 5.20. The molecule has 5 nitrogen and oxygen atoms in total. The molecule has 0 heterocycles. The summed E-state index contributed by atoms with van der Waals surface area (Å²) in [4.78, 5) is 0. The summed E-state index contributed by atoms with van der Waals surface area (Å²) in [5, 5.41) is 21.8. The molecule has 0 aliphatic carbocycles. The molecular formula is C11H17NO4S. The largest absolute Gasteiger partial charge is 0.504 e. The summed E-state index contributed by atoms with van der Waals surface area (Å²) in [6.45, 7) is 2.05. The van der Waals surface area contributed by atoms with Crippen molar-refractivity contribution in [1.29, 1.82) is 0 Å². The molecule has 0 fully saturated rings. The molecule has 1 atom stereocenters. The number of rotatable bonds is 5. The van der Waals surface area contributed by atoms with Crippen molar-refractivity contribution in [2.75, 3.05) is 12.0 Å². The van der Waals surface area contributed by atoms with Gasteiger partial charge in [-0.1, -0.05) is 12.1 Å². The second-order valence-electron chi connectivity index (χ2n) is 4.16. The quantitative estimate of drug-likeness (QED) is 0.675. The Hall–Kier alpha value is -1.27. The van der Waals surface area contributed by atoms with Crippen LogP contribution < -0.4 is 5.32 Å². The van der Waals surface area contributed by atoms with E-state index in [4.69, 9.17) is 0 Å². The predicted molar refractivity (Wildman–Crippen MR) is 65.8 cm³/mol. The zero-order valence-corrected chi connectivity index (χ0v) is 10.7. The van der Waals surface area contributed by atoms with Gasteiger partial charge in [0.05, 0.1) is 5.75 Å². The first-order chi connectivity index (χ1) is 7.79. The lowest BCUT2D eigenvalue weighted by molar-refractivity contribution is 0.396. The highest BCUT2D eigenvalue weighted by atomic mass is 32.2. The van der Waals surface area contributed by atoms with Crippen molar-refractivity contribution < 1.29 is 18.6 Å². The summed E-state index contributed by atoms with van der Waals surface area (Å²) in [5.74, 6) is -0.321. The zero-order valence-electron chi connectivity index (χ0n) is 9.84. The van der Waals surface area contributed by atoms with Crippen LogP contribution in [0.25, 0.3) is 0 Å². The van der Waals surface area contributed by atoms with Gasteiger partial charge in [-0.3, -0.25) is 0 Å². The highest BCUT2D eigenvalue weighted by Crippen LogP contribution is 2.27. The van der Waals surface area contributed by atoms with Crippen LogP contribution in [0.1, 0.15) is 12.5 Å². The summed E-state index contributed by atoms with van der Waals surface area (Å²) >= 11 is 0. The van der Waals surface area contributed by atoms with Gasteiger partial charge in [0, 0.05) is 24.4 Å². The molecule has 0 saturated carbocycles. The van der Waals surface area contributed by atoms with E-state index in [0.29, 0.717) is 12.1 Å². The summed E-state index contributed by atoms with van der Waals surface area (Å²) in [5.41, 5.74) is 0.533. The predicted octanol–water partition coefficient (Wildman–Crippen LogP) is 0.620. The first kappa shape index (κ1) is 13.8. The third-order valence-electron chi connectivity index (χ3n) is 2.29. The fourth-order valence-electron chi connectivity index (χ4n) is 1.52. The molecule has 0 saturated heterocycles. The third kappa shape index (κ3) is 4.62. The smallest absolute Gasteiger partial charge is 0.161 e. The number of para-hydroxylation sites is 1. The van der Waals surface area contributed by atoms with Crippen LogP contribution in [0.4, 0.5) is 0 Å². The molecule has 0 aromatic heterocycles. The number of benzene rings is 1. The van der Waals surface area contributed by atoms with Crippen molar-refractivity contribution in [2.45, 2.75) is 19.5 Å². The van der Waals surface area contributed by atoms with E-state index in [1.54, 1.807) is 19.1 Å². The van der Waals surface area contributed by atoms with Gasteiger partial charge in [-0.25, -0.2) is 8.42 Å². The Bertz CT molecular complexity index is 484. The molecule has 1 rings (SSSR count). The van der Waals surface area contributed by atoms with Gasteiger partial charge in [0.2, 0.25) is 0 Å². The monoisotopic (exact) mass is 259 g/mol. The van der Waals surface area contributed by atoms with E-state index in [1.807, 2.05) is 0 Å². The Morgan fingerprint density at radius 3 is 2.59 bits per heavy atom. The van der Waals surface area contributed by atoms with Crippen LogP contribution in [0.5, 0.6) is 11.5 Å². The van der Waals surface area contributed by atoms with Gasteiger partial charge in [0.25, 0.3) is 0 Å². The van der Waals surface area contributed by atoms with E-state index in [-0.39, 0.29) is 23.3 Å². The molecule has 0 aliphatic rings. The average molecular weight is 259 g/mol. The van der Waals surface area contributed by atoms with Gasteiger partial charge in [-0.2, -0.15) is 0 Å². The fourth-order valence-corrected chi connectivity index (χ4v) is 2.54. The summed E-state index contributed by atoms with van der Waals surface area (Å²) < 4.78 is 22.1. The maximum atomic E-state index is 11.0. The van der Waals surface area contributed by atoms with E-state index in [1.165, 1.54) is 12.3 Å². The van der Waals surface area contributed by atoms with Crippen molar-refractivity contribution in [3.05, 3.63) is 23.8 Å². The number of sulfone groups is 1. The van der Waals surface area contributed by atoms with Crippen LogP contribution in [0.2, 0.25) is 0 Å². The Morgan fingerprint density at radius 2 is 2.00 bits per heavy atom. The number of aromatic hydroxyl groups is 2. The van der Waals surface area contributed by atoms with Crippen LogP contribution >= 0.6 is 0 Å². The van der Waals surface area contributed by atoms with E-state index in [0.717, 1.165) is 0 Å².